The number of hydrogen-bond acceptors (Lipinski definition) is 11. The van der Waals surface area contributed by atoms with Crippen LogP contribution in [0.2, 0.25) is 0 Å². The molecule has 40 heavy (non-hydrogen) atoms. The van der Waals surface area contributed by atoms with Crippen molar-refractivity contribution < 1.29 is 50.4 Å². The van der Waals surface area contributed by atoms with Crippen molar-refractivity contribution in [2.75, 3.05) is 32.9 Å². The molecule has 2 N–H and O–H groups in total. The smallest absolute Gasteiger partial charge is 0.421 e. The lowest BCUT2D eigenvalue weighted by molar-refractivity contribution is -0.160. The number of alkyl carbamates (subject to hydrolysis) is 1. The summed E-state index contributed by atoms with van der Waals surface area (Å²) in [7, 11) is -4.70. The van der Waals surface area contributed by atoms with Crippen molar-refractivity contribution in [3.05, 3.63) is 0 Å². The molecule has 0 aromatic rings. The average Bonchev–Trinajstić information content (AvgIpc) is 3.11. The number of hydrogen-bond donors (Lipinski definition) is 2. The Bertz CT molecular complexity index is 1040. The first-order chi connectivity index (χ1) is 18.8. The highest BCUT2D eigenvalue weighted by atomic mass is 32.3. The molecule has 3 aliphatic rings. The minimum absolute atomic E-state index is 0.0492. The van der Waals surface area contributed by atoms with Crippen molar-refractivity contribution in [2.24, 2.45) is 5.41 Å². The number of ether oxygens (including phenoxy) is 2. The van der Waals surface area contributed by atoms with E-state index in [0.29, 0.717) is 24.3 Å². The third-order valence-electron chi connectivity index (χ3n) is 6.84. The lowest BCUT2D eigenvalue weighted by Crippen LogP contribution is -2.50. The van der Waals surface area contributed by atoms with Gasteiger partial charge >= 0.3 is 28.5 Å². The van der Waals surface area contributed by atoms with Crippen LogP contribution in [0.1, 0.15) is 72.6 Å². The van der Waals surface area contributed by atoms with Crippen LogP contribution in [0.15, 0.2) is 0 Å². The van der Waals surface area contributed by atoms with Gasteiger partial charge in [-0.3, -0.25) is 14.4 Å². The number of fused-ring (bicyclic) bond motifs is 2. The number of amides is 4. The maximum Gasteiger partial charge on any atom is 0.421 e. The van der Waals surface area contributed by atoms with Crippen LogP contribution in [-0.4, -0.2) is 93.0 Å². The molecule has 16 heteroatoms. The van der Waals surface area contributed by atoms with Crippen LogP contribution in [0.25, 0.3) is 0 Å². The van der Waals surface area contributed by atoms with Crippen LogP contribution >= 0.6 is 0 Å². The molecule has 0 spiro atoms. The third-order valence-corrected chi connectivity index (χ3v) is 7.59. The summed E-state index contributed by atoms with van der Waals surface area (Å²) in [5.41, 5.74) is 0.510. The van der Waals surface area contributed by atoms with Gasteiger partial charge in [-0.1, -0.05) is 19.3 Å². The summed E-state index contributed by atoms with van der Waals surface area (Å²) in [6.45, 7) is 6.65. The molecule has 4 amide bonds. The number of rotatable bonds is 12. The lowest BCUT2D eigenvalue weighted by atomic mass is 9.75. The monoisotopic (exact) mass is 592 g/mol. The first kappa shape index (κ1) is 31.8. The number of hydroxylamine groups is 3. The van der Waals surface area contributed by atoms with E-state index in [2.05, 4.69) is 10.8 Å². The number of urea groups is 1. The van der Waals surface area contributed by atoms with Crippen molar-refractivity contribution in [3.63, 3.8) is 0 Å². The largest absolute Gasteiger partial charge is 0.465 e. The molecule has 0 unspecified atom stereocenters. The SMILES string of the molecule is CCOC(=O)C1(COS(=O)(=O)ON2C(=O)N3C[C@H]2CC[C@H]3C(=O)NOCCNC(=O)OC(C)(C)C)CCCCC1. The molecule has 3 fully saturated rings. The third kappa shape index (κ3) is 8.41. The highest BCUT2D eigenvalue weighted by Crippen LogP contribution is 2.39. The van der Waals surface area contributed by atoms with E-state index >= 15 is 0 Å². The lowest BCUT2D eigenvalue weighted by Gasteiger charge is -2.34. The van der Waals surface area contributed by atoms with Gasteiger partial charge in [-0.05, 0) is 53.4 Å². The Morgan fingerprint density at radius 2 is 1.80 bits per heavy atom. The van der Waals surface area contributed by atoms with Gasteiger partial charge in [0.1, 0.15) is 11.6 Å². The Labute approximate surface area is 234 Å². The van der Waals surface area contributed by atoms with Gasteiger partial charge in [-0.2, -0.15) is 13.5 Å². The predicted octanol–water partition coefficient (Wildman–Crippen LogP) is 1.53. The molecule has 2 bridgehead atoms. The van der Waals surface area contributed by atoms with E-state index in [0.717, 1.165) is 19.3 Å². The highest BCUT2D eigenvalue weighted by molar-refractivity contribution is 7.81. The normalized spacial score (nSPS) is 22.6. The molecule has 15 nitrogen and oxygen atoms in total. The second kappa shape index (κ2) is 13.3. The Kier molecular flexibility index (Phi) is 10.6. The predicted molar refractivity (Wildman–Crippen MR) is 137 cm³/mol. The summed E-state index contributed by atoms with van der Waals surface area (Å²) in [4.78, 5) is 56.1. The Morgan fingerprint density at radius 3 is 2.45 bits per heavy atom. The van der Waals surface area contributed by atoms with Crippen molar-refractivity contribution in [2.45, 2.75) is 90.3 Å². The molecule has 2 aliphatic heterocycles. The quantitative estimate of drug-likeness (QED) is 0.191. The second-order valence-electron chi connectivity index (χ2n) is 11.1. The number of nitrogens with one attached hydrogen (secondary N) is 2. The Morgan fingerprint density at radius 1 is 1.10 bits per heavy atom. The van der Waals surface area contributed by atoms with Crippen molar-refractivity contribution in [3.8, 4) is 0 Å². The fourth-order valence-electron chi connectivity index (χ4n) is 4.94. The van der Waals surface area contributed by atoms with Crippen molar-refractivity contribution >= 4 is 34.4 Å². The van der Waals surface area contributed by atoms with Crippen LogP contribution in [0, 0.1) is 5.41 Å². The second-order valence-corrected chi connectivity index (χ2v) is 12.3. The van der Waals surface area contributed by atoms with Crippen molar-refractivity contribution in [1.29, 1.82) is 0 Å². The fourth-order valence-corrected chi connectivity index (χ4v) is 5.73. The molecule has 1 saturated carbocycles. The van der Waals surface area contributed by atoms with Crippen molar-refractivity contribution in [1.82, 2.24) is 20.8 Å². The van der Waals surface area contributed by atoms with E-state index in [1.165, 1.54) is 4.90 Å². The maximum absolute atomic E-state index is 13.0. The Hall–Kier alpha value is -2.69. The first-order valence-electron chi connectivity index (χ1n) is 13.5. The summed E-state index contributed by atoms with van der Waals surface area (Å²) < 4.78 is 45.7. The van der Waals surface area contributed by atoms with Crippen LogP contribution in [0.3, 0.4) is 0 Å². The van der Waals surface area contributed by atoms with E-state index < -0.39 is 64.1 Å². The molecule has 1 aliphatic carbocycles. The van der Waals surface area contributed by atoms with E-state index in [1.807, 2.05) is 0 Å². The van der Waals surface area contributed by atoms with Crippen LogP contribution in [0.4, 0.5) is 9.59 Å². The van der Waals surface area contributed by atoms with Crippen LogP contribution in [-0.2, 0) is 42.8 Å². The number of carbonyl (C=O) groups is 4. The van der Waals surface area contributed by atoms with Gasteiger partial charge < -0.3 is 19.7 Å². The van der Waals surface area contributed by atoms with Crippen LogP contribution in [0.5, 0.6) is 0 Å². The zero-order valence-corrected chi connectivity index (χ0v) is 24.2. The number of esters is 1. The fraction of sp³-hybridized carbons (Fsp3) is 0.833. The summed E-state index contributed by atoms with van der Waals surface area (Å²) in [6, 6.07) is -2.32. The van der Waals surface area contributed by atoms with E-state index in [9.17, 15) is 27.6 Å². The average molecular weight is 593 g/mol. The molecule has 0 radical (unpaired) electrons. The summed E-state index contributed by atoms with van der Waals surface area (Å²) in [6.07, 6.45) is 3.16. The Balaban J connectivity index is 1.49. The molecule has 2 heterocycles. The van der Waals surface area contributed by atoms with Crippen LogP contribution < -0.4 is 10.8 Å². The molecule has 2 atom stereocenters. The van der Waals surface area contributed by atoms with E-state index in [4.69, 9.17) is 22.8 Å². The van der Waals surface area contributed by atoms with Gasteiger partial charge in [0.25, 0.3) is 5.91 Å². The maximum atomic E-state index is 13.0. The van der Waals surface area contributed by atoms with E-state index in [-0.39, 0.29) is 32.7 Å². The van der Waals surface area contributed by atoms with Gasteiger partial charge in [0.2, 0.25) is 0 Å². The molecule has 228 valence electrons. The number of piperidine rings is 1. The zero-order valence-electron chi connectivity index (χ0n) is 23.4. The minimum atomic E-state index is -4.70. The van der Waals surface area contributed by atoms with E-state index in [1.54, 1.807) is 27.7 Å². The van der Waals surface area contributed by atoms with Gasteiger partial charge in [-0.15, -0.1) is 4.28 Å². The molecular formula is C24H40N4O11S. The van der Waals surface area contributed by atoms with Gasteiger partial charge in [0.15, 0.2) is 0 Å². The standard InChI is InChI=1S/C24H40N4O11S/c1-5-35-20(30)24(11-7-6-8-12-24)16-37-40(33,34)39-28-17-9-10-18(27(15-17)22(28)32)19(29)26-36-14-13-25-21(31)38-23(2,3)4/h17-18H,5-16H2,1-4H3,(H,25,31)(H,26,29)/t17-,18+/m1/s1. The molecule has 3 rings (SSSR count). The topological polar surface area (TPSA) is 179 Å². The van der Waals surface area contributed by atoms with Gasteiger partial charge in [-0.25, -0.2) is 19.3 Å². The molecule has 0 aromatic heterocycles. The van der Waals surface area contributed by atoms with Gasteiger partial charge in [0.05, 0.1) is 31.3 Å². The number of carbonyl (C=O) groups excluding carboxylic acids is 4. The summed E-state index contributed by atoms with van der Waals surface area (Å²) in [5.74, 6) is -1.11. The first-order valence-corrected chi connectivity index (χ1v) is 14.8. The molecule has 2 saturated heterocycles. The number of nitrogens with zero attached hydrogens (tertiary/aromatic N) is 2. The zero-order chi connectivity index (χ0) is 29.6. The minimum Gasteiger partial charge on any atom is -0.465 e. The molecular weight excluding hydrogens is 552 g/mol. The highest BCUT2D eigenvalue weighted by Gasteiger charge is 2.50. The molecule has 0 aromatic carbocycles. The van der Waals surface area contributed by atoms with Gasteiger partial charge in [0, 0.05) is 13.1 Å². The summed E-state index contributed by atoms with van der Waals surface area (Å²) in [5, 5.41) is 3.18. The summed E-state index contributed by atoms with van der Waals surface area (Å²) >= 11 is 0.